The fraction of sp³-hybridized carbons (Fsp3) is 0.273. The van der Waals surface area contributed by atoms with Crippen LogP contribution in [0.1, 0.15) is 30.9 Å². The second kappa shape index (κ2) is 4.59. The Hall–Kier alpha value is -1.13. The highest BCUT2D eigenvalue weighted by Crippen LogP contribution is 2.15. The maximum atomic E-state index is 10.7. The lowest BCUT2D eigenvalue weighted by Gasteiger charge is -2.04. The van der Waals surface area contributed by atoms with Crippen LogP contribution in [-0.2, 0) is 10.0 Å². The Bertz CT molecular complexity index is 444. The molecule has 0 fully saturated rings. The molecule has 0 aromatic heterocycles. The van der Waals surface area contributed by atoms with E-state index in [1.807, 2.05) is 24.3 Å². The summed E-state index contributed by atoms with van der Waals surface area (Å²) in [7, 11) is -3.53. The van der Waals surface area contributed by atoms with E-state index in [9.17, 15) is 8.42 Å². The molecule has 4 heteroatoms. The Morgan fingerprint density at radius 3 is 2.13 bits per heavy atom. The predicted molar refractivity (Wildman–Crippen MR) is 62.7 cm³/mol. The third-order valence-electron chi connectivity index (χ3n) is 2.05. The van der Waals surface area contributed by atoms with Crippen LogP contribution in [0.15, 0.2) is 29.7 Å². The lowest BCUT2D eigenvalue weighted by atomic mass is 10.0. The first-order valence-corrected chi connectivity index (χ1v) is 6.30. The first-order valence-electron chi connectivity index (χ1n) is 4.69. The summed E-state index contributed by atoms with van der Waals surface area (Å²) in [5.41, 5.74) is 2.05. The van der Waals surface area contributed by atoms with Gasteiger partial charge in [0.2, 0.25) is 10.0 Å². The van der Waals surface area contributed by atoms with E-state index in [4.69, 9.17) is 5.14 Å². The van der Waals surface area contributed by atoms with Gasteiger partial charge in [0.05, 0.1) is 0 Å². The lowest BCUT2D eigenvalue weighted by molar-refractivity contribution is 0.606. The van der Waals surface area contributed by atoms with E-state index in [2.05, 4.69) is 13.8 Å². The van der Waals surface area contributed by atoms with Gasteiger partial charge in [-0.1, -0.05) is 38.1 Å². The van der Waals surface area contributed by atoms with E-state index in [1.54, 1.807) is 0 Å². The monoisotopic (exact) mass is 225 g/mol. The Morgan fingerprint density at radius 1 is 1.20 bits per heavy atom. The summed E-state index contributed by atoms with van der Waals surface area (Å²) in [6.07, 6.45) is 1.49. The number of primary sulfonamides is 1. The molecule has 0 saturated carbocycles. The molecule has 1 aromatic rings. The average Bonchev–Trinajstić information content (AvgIpc) is 2.14. The van der Waals surface area contributed by atoms with E-state index >= 15 is 0 Å². The molecule has 3 nitrogen and oxygen atoms in total. The lowest BCUT2D eigenvalue weighted by Crippen LogP contribution is -2.06. The first-order chi connectivity index (χ1) is 6.88. The number of benzene rings is 1. The van der Waals surface area contributed by atoms with Crippen LogP contribution in [0.4, 0.5) is 0 Å². The van der Waals surface area contributed by atoms with Gasteiger partial charge in [-0.2, -0.15) is 0 Å². The van der Waals surface area contributed by atoms with Crippen molar-refractivity contribution in [3.05, 3.63) is 40.8 Å². The fourth-order valence-electron chi connectivity index (χ4n) is 1.17. The van der Waals surface area contributed by atoms with Crippen LogP contribution in [0.5, 0.6) is 0 Å². The van der Waals surface area contributed by atoms with Gasteiger partial charge in [0.25, 0.3) is 0 Å². The molecule has 15 heavy (non-hydrogen) atoms. The topological polar surface area (TPSA) is 60.2 Å². The molecule has 82 valence electrons. The average molecular weight is 225 g/mol. The smallest absolute Gasteiger partial charge is 0.225 e. The third-order valence-corrected chi connectivity index (χ3v) is 2.57. The number of nitrogens with two attached hydrogens (primary N) is 1. The molecular weight excluding hydrogens is 210 g/mol. The van der Waals surface area contributed by atoms with E-state index < -0.39 is 10.0 Å². The Balaban J connectivity index is 2.86. The van der Waals surface area contributed by atoms with Crippen molar-refractivity contribution in [3.63, 3.8) is 0 Å². The van der Waals surface area contributed by atoms with Gasteiger partial charge >= 0.3 is 0 Å². The molecule has 0 atom stereocenters. The van der Waals surface area contributed by atoms with Crippen molar-refractivity contribution in [1.82, 2.24) is 0 Å². The Labute approximate surface area is 90.7 Å². The molecule has 0 amide bonds. The molecule has 0 bridgehead atoms. The summed E-state index contributed by atoms with van der Waals surface area (Å²) in [5, 5.41) is 5.84. The maximum absolute atomic E-state index is 10.7. The van der Waals surface area contributed by atoms with Crippen molar-refractivity contribution in [3.8, 4) is 0 Å². The van der Waals surface area contributed by atoms with Crippen molar-refractivity contribution in [1.29, 1.82) is 0 Å². The third kappa shape index (κ3) is 4.27. The summed E-state index contributed by atoms with van der Waals surface area (Å²) >= 11 is 0. The SMILES string of the molecule is CC(C)c1ccc(/C=C/S(N)(=O)=O)cc1. The van der Waals surface area contributed by atoms with Gasteiger partial charge < -0.3 is 0 Å². The van der Waals surface area contributed by atoms with Crippen LogP contribution in [0, 0.1) is 0 Å². The molecule has 1 aromatic carbocycles. The second-order valence-electron chi connectivity index (χ2n) is 3.71. The van der Waals surface area contributed by atoms with Crippen LogP contribution in [-0.4, -0.2) is 8.42 Å². The number of rotatable bonds is 3. The molecule has 0 saturated heterocycles. The quantitative estimate of drug-likeness (QED) is 0.856. The minimum absolute atomic E-state index is 0.473. The van der Waals surface area contributed by atoms with Crippen molar-refractivity contribution in [2.45, 2.75) is 19.8 Å². The van der Waals surface area contributed by atoms with Crippen LogP contribution in [0.2, 0.25) is 0 Å². The number of sulfonamides is 1. The van der Waals surface area contributed by atoms with Crippen LogP contribution in [0.3, 0.4) is 0 Å². The zero-order chi connectivity index (χ0) is 11.5. The van der Waals surface area contributed by atoms with Crippen molar-refractivity contribution in [2.75, 3.05) is 0 Å². The predicted octanol–water partition coefficient (Wildman–Crippen LogP) is 2.07. The molecule has 0 unspecified atom stereocenters. The summed E-state index contributed by atoms with van der Waals surface area (Å²) in [4.78, 5) is 0. The fourth-order valence-corrected chi connectivity index (χ4v) is 1.51. The number of hydrogen-bond acceptors (Lipinski definition) is 2. The first kappa shape index (κ1) is 11.9. The zero-order valence-corrected chi connectivity index (χ0v) is 9.66. The Kier molecular flexibility index (Phi) is 3.66. The molecule has 0 radical (unpaired) electrons. The summed E-state index contributed by atoms with van der Waals surface area (Å²) < 4.78 is 21.3. The molecule has 0 spiro atoms. The van der Waals surface area contributed by atoms with Gasteiger partial charge in [-0.05, 0) is 23.1 Å². The normalized spacial score (nSPS) is 12.5. The highest BCUT2D eigenvalue weighted by Gasteiger charge is 1.98. The van der Waals surface area contributed by atoms with Crippen molar-refractivity contribution < 1.29 is 8.42 Å². The minimum Gasteiger partial charge on any atom is -0.225 e. The minimum atomic E-state index is -3.53. The standard InChI is InChI=1S/C11H15NO2S/c1-9(2)11-5-3-10(4-6-11)7-8-15(12,13)14/h3-9H,1-2H3,(H2,12,13,14)/b8-7+. The van der Waals surface area contributed by atoms with Crippen LogP contribution < -0.4 is 5.14 Å². The molecule has 2 N–H and O–H groups in total. The van der Waals surface area contributed by atoms with Gasteiger partial charge in [-0.25, -0.2) is 13.6 Å². The van der Waals surface area contributed by atoms with Gasteiger partial charge in [-0.15, -0.1) is 0 Å². The van der Waals surface area contributed by atoms with E-state index in [0.717, 1.165) is 11.0 Å². The van der Waals surface area contributed by atoms with Crippen molar-refractivity contribution >= 4 is 16.1 Å². The van der Waals surface area contributed by atoms with Gasteiger partial charge in [0.15, 0.2) is 0 Å². The van der Waals surface area contributed by atoms with E-state index in [0.29, 0.717) is 5.92 Å². The highest BCUT2D eigenvalue weighted by atomic mass is 32.2. The van der Waals surface area contributed by atoms with E-state index in [-0.39, 0.29) is 0 Å². The van der Waals surface area contributed by atoms with Gasteiger partial charge in [0.1, 0.15) is 0 Å². The maximum Gasteiger partial charge on any atom is 0.231 e. The van der Waals surface area contributed by atoms with Crippen LogP contribution in [0.25, 0.3) is 6.08 Å². The summed E-state index contributed by atoms with van der Waals surface area (Å²) in [6, 6.07) is 7.70. The molecule has 0 aliphatic heterocycles. The second-order valence-corrected chi connectivity index (χ2v) is 5.16. The Morgan fingerprint density at radius 2 is 1.73 bits per heavy atom. The van der Waals surface area contributed by atoms with Gasteiger partial charge in [-0.3, -0.25) is 0 Å². The van der Waals surface area contributed by atoms with Crippen LogP contribution >= 0.6 is 0 Å². The molecule has 0 heterocycles. The van der Waals surface area contributed by atoms with E-state index in [1.165, 1.54) is 11.6 Å². The molecular formula is C11H15NO2S. The summed E-state index contributed by atoms with van der Waals surface area (Å²) in [5.74, 6) is 0.473. The molecule has 1 rings (SSSR count). The number of hydrogen-bond donors (Lipinski definition) is 1. The highest BCUT2D eigenvalue weighted by molar-refractivity contribution is 7.92. The van der Waals surface area contributed by atoms with Gasteiger partial charge in [0, 0.05) is 5.41 Å². The largest absolute Gasteiger partial charge is 0.231 e. The zero-order valence-electron chi connectivity index (χ0n) is 8.84. The molecule has 0 aliphatic rings. The van der Waals surface area contributed by atoms with Crippen molar-refractivity contribution in [2.24, 2.45) is 5.14 Å². The summed E-state index contributed by atoms with van der Waals surface area (Å²) in [6.45, 7) is 4.21. The molecule has 0 aliphatic carbocycles.